The molecule has 8 heteroatoms. The number of hydrogen-bond donors (Lipinski definition) is 2. The van der Waals surface area contributed by atoms with Gasteiger partial charge in [0.2, 0.25) is 0 Å². The number of aromatic nitrogens is 1. The second kappa shape index (κ2) is 10.7. The summed E-state index contributed by atoms with van der Waals surface area (Å²) >= 11 is 7.55. The molecule has 2 heterocycles. The molecule has 2 N–H and O–H groups in total. The van der Waals surface area contributed by atoms with Crippen molar-refractivity contribution >= 4 is 28.7 Å². The highest BCUT2D eigenvalue weighted by molar-refractivity contribution is 7.16. The highest BCUT2D eigenvalue weighted by atomic mass is 35.5. The molecule has 0 radical (unpaired) electrons. The molecule has 6 nitrogen and oxygen atoms in total. The zero-order valence-corrected chi connectivity index (χ0v) is 21.3. The van der Waals surface area contributed by atoms with Crippen LogP contribution in [0.25, 0.3) is 11.1 Å². The number of pyridine rings is 1. The average molecular weight is 498 g/mol. The Morgan fingerprint density at radius 2 is 2.03 bits per heavy atom. The third-order valence-corrected chi connectivity index (χ3v) is 6.57. The molecule has 0 amide bonds. The summed E-state index contributed by atoms with van der Waals surface area (Å²) in [6, 6.07) is 14.5. The number of halogens is 1. The number of ketones is 1. The smallest absolute Gasteiger partial charge is 0.268 e. The molecule has 1 aromatic carbocycles. The number of aliphatic hydroxyl groups is 1. The maximum Gasteiger partial charge on any atom is 0.268 e. The van der Waals surface area contributed by atoms with Gasteiger partial charge >= 0.3 is 0 Å². The standard InChI is InChI=1S/C26H28ClN3O3S/c1-5-21(31)24-20(8-7-13-29-24)17-9-10-18(16-28)22(14-17)33-26(32,6-2)30-25(3,4)15-19-11-12-23(27)34-19/h7-14,30,32H,5-6,15H2,1-4H3. The van der Waals surface area contributed by atoms with Gasteiger partial charge in [0.05, 0.1) is 9.90 Å². The van der Waals surface area contributed by atoms with Gasteiger partial charge in [0.15, 0.2) is 5.78 Å². The van der Waals surface area contributed by atoms with Crippen molar-refractivity contribution in [3.63, 3.8) is 0 Å². The van der Waals surface area contributed by atoms with Crippen molar-refractivity contribution in [2.24, 2.45) is 0 Å². The van der Waals surface area contributed by atoms with E-state index in [1.807, 2.05) is 26.0 Å². The lowest BCUT2D eigenvalue weighted by atomic mass is 9.98. The number of nitriles is 1. The van der Waals surface area contributed by atoms with E-state index in [-0.39, 0.29) is 23.5 Å². The Balaban J connectivity index is 1.93. The highest BCUT2D eigenvalue weighted by Crippen LogP contribution is 2.32. The van der Waals surface area contributed by atoms with E-state index in [4.69, 9.17) is 16.3 Å². The Morgan fingerprint density at radius 1 is 1.26 bits per heavy atom. The molecule has 0 aliphatic rings. The van der Waals surface area contributed by atoms with Crippen molar-refractivity contribution in [3.8, 4) is 22.9 Å². The number of nitrogens with one attached hydrogen (secondary N) is 1. The lowest BCUT2D eigenvalue weighted by Crippen LogP contribution is -2.59. The van der Waals surface area contributed by atoms with Crippen molar-refractivity contribution < 1.29 is 14.6 Å². The summed E-state index contributed by atoms with van der Waals surface area (Å²) in [5.41, 5.74) is 1.41. The Morgan fingerprint density at radius 3 is 2.65 bits per heavy atom. The monoisotopic (exact) mass is 497 g/mol. The van der Waals surface area contributed by atoms with Crippen LogP contribution in [0.4, 0.5) is 0 Å². The summed E-state index contributed by atoms with van der Waals surface area (Å²) in [4.78, 5) is 17.7. The molecule has 3 aromatic rings. The van der Waals surface area contributed by atoms with Gasteiger partial charge < -0.3 is 9.84 Å². The van der Waals surface area contributed by atoms with Crippen LogP contribution < -0.4 is 10.1 Å². The first-order valence-corrected chi connectivity index (χ1v) is 12.3. The first-order valence-electron chi connectivity index (χ1n) is 11.1. The van der Waals surface area contributed by atoms with Crippen molar-refractivity contribution in [2.75, 3.05) is 0 Å². The van der Waals surface area contributed by atoms with E-state index in [1.165, 1.54) is 11.3 Å². The van der Waals surface area contributed by atoms with E-state index < -0.39 is 11.4 Å². The van der Waals surface area contributed by atoms with Crippen molar-refractivity contribution in [1.29, 1.82) is 5.26 Å². The molecule has 0 aliphatic carbocycles. The predicted molar refractivity (Wildman–Crippen MR) is 135 cm³/mol. The normalized spacial score (nSPS) is 13.2. The Hall–Kier alpha value is -2.76. The molecule has 0 fully saturated rings. The largest absolute Gasteiger partial charge is 0.448 e. The molecule has 2 aromatic heterocycles. The van der Waals surface area contributed by atoms with Crippen LogP contribution in [-0.2, 0) is 6.42 Å². The summed E-state index contributed by atoms with van der Waals surface area (Å²) in [6.07, 6.45) is 2.76. The van der Waals surface area contributed by atoms with E-state index in [0.29, 0.717) is 34.0 Å². The Kier molecular flexibility index (Phi) is 8.11. The van der Waals surface area contributed by atoms with Gasteiger partial charge in [-0.3, -0.25) is 15.1 Å². The second-order valence-electron chi connectivity index (χ2n) is 8.63. The molecule has 0 bridgehead atoms. The maximum atomic E-state index is 12.4. The van der Waals surface area contributed by atoms with Crippen LogP contribution >= 0.6 is 22.9 Å². The SMILES string of the molecule is CCC(=O)c1ncccc1-c1ccc(C#N)c(OC(O)(CC)NC(C)(C)Cc2ccc(Cl)s2)c1. The van der Waals surface area contributed by atoms with Gasteiger partial charge in [-0.1, -0.05) is 37.6 Å². The third-order valence-electron chi connectivity index (χ3n) is 5.34. The molecule has 34 heavy (non-hydrogen) atoms. The fourth-order valence-corrected chi connectivity index (χ4v) is 5.03. The highest BCUT2D eigenvalue weighted by Gasteiger charge is 2.35. The lowest BCUT2D eigenvalue weighted by Gasteiger charge is -2.37. The van der Waals surface area contributed by atoms with E-state index in [9.17, 15) is 15.2 Å². The average Bonchev–Trinajstić information content (AvgIpc) is 3.21. The minimum absolute atomic E-state index is 0.0791. The minimum atomic E-state index is -1.73. The molecule has 0 saturated heterocycles. The van der Waals surface area contributed by atoms with Gasteiger partial charge in [-0.15, -0.1) is 11.3 Å². The Labute approximate surface area is 209 Å². The van der Waals surface area contributed by atoms with Crippen LogP contribution in [0.15, 0.2) is 48.7 Å². The number of carbonyl (C=O) groups excluding carboxylic acids is 1. The maximum absolute atomic E-state index is 12.4. The zero-order chi connectivity index (χ0) is 24.9. The van der Waals surface area contributed by atoms with Gasteiger partial charge in [0.1, 0.15) is 17.5 Å². The zero-order valence-electron chi connectivity index (χ0n) is 19.7. The molecule has 0 saturated carbocycles. The fourth-order valence-electron chi connectivity index (χ4n) is 3.72. The molecule has 3 rings (SSSR count). The number of hydrogen-bond acceptors (Lipinski definition) is 7. The lowest BCUT2D eigenvalue weighted by molar-refractivity contribution is -0.178. The van der Waals surface area contributed by atoms with E-state index in [2.05, 4.69) is 16.4 Å². The van der Waals surface area contributed by atoms with Crippen LogP contribution in [0, 0.1) is 11.3 Å². The summed E-state index contributed by atoms with van der Waals surface area (Å²) in [5, 5.41) is 24.2. The van der Waals surface area contributed by atoms with Crippen molar-refractivity contribution in [2.45, 2.75) is 58.4 Å². The quantitative estimate of drug-likeness (QED) is 0.264. The van der Waals surface area contributed by atoms with Crippen LogP contribution in [0.2, 0.25) is 4.34 Å². The van der Waals surface area contributed by atoms with Gasteiger partial charge in [-0.2, -0.15) is 5.26 Å². The van der Waals surface area contributed by atoms with E-state index >= 15 is 0 Å². The molecule has 178 valence electrons. The van der Waals surface area contributed by atoms with Gasteiger partial charge in [-0.05, 0) is 56.2 Å². The number of benzene rings is 1. The molecule has 0 spiro atoms. The molecule has 1 unspecified atom stereocenters. The first kappa shape index (κ1) is 25.9. The number of nitrogens with zero attached hydrogens (tertiary/aromatic N) is 2. The van der Waals surface area contributed by atoms with Crippen LogP contribution in [0.5, 0.6) is 5.75 Å². The topological polar surface area (TPSA) is 95.2 Å². The third kappa shape index (κ3) is 6.22. The van der Waals surface area contributed by atoms with E-state index in [1.54, 1.807) is 50.4 Å². The second-order valence-corrected chi connectivity index (χ2v) is 10.4. The van der Waals surface area contributed by atoms with Gasteiger partial charge in [0.25, 0.3) is 5.91 Å². The number of carbonyl (C=O) groups is 1. The van der Waals surface area contributed by atoms with Crippen molar-refractivity contribution in [3.05, 3.63) is 69.1 Å². The predicted octanol–water partition coefficient (Wildman–Crippen LogP) is 5.97. The summed E-state index contributed by atoms with van der Waals surface area (Å²) in [7, 11) is 0. The van der Waals surface area contributed by atoms with Gasteiger partial charge in [0, 0.05) is 35.0 Å². The fraction of sp³-hybridized carbons (Fsp3) is 0.346. The van der Waals surface area contributed by atoms with Crippen molar-refractivity contribution in [1.82, 2.24) is 10.3 Å². The number of Topliss-reactive ketones (excluding diaryl/α,β-unsaturated/α-hetero) is 1. The summed E-state index contributed by atoms with van der Waals surface area (Å²) in [6.45, 7) is 7.50. The molecular weight excluding hydrogens is 470 g/mol. The number of rotatable bonds is 10. The summed E-state index contributed by atoms with van der Waals surface area (Å²) < 4.78 is 6.74. The van der Waals surface area contributed by atoms with Crippen LogP contribution in [-0.4, -0.2) is 27.3 Å². The first-order chi connectivity index (χ1) is 16.1. The van der Waals surface area contributed by atoms with Crippen LogP contribution in [0.3, 0.4) is 0 Å². The van der Waals surface area contributed by atoms with E-state index in [0.717, 1.165) is 4.88 Å². The molecule has 1 atom stereocenters. The van der Waals surface area contributed by atoms with Gasteiger partial charge in [-0.25, -0.2) is 0 Å². The Bertz CT molecular complexity index is 1220. The molecular formula is C26H28ClN3O3S. The number of thiophene rings is 1. The van der Waals surface area contributed by atoms with Crippen LogP contribution in [0.1, 0.15) is 61.5 Å². The minimum Gasteiger partial charge on any atom is -0.448 e. The number of ether oxygens (including phenoxy) is 1. The molecule has 0 aliphatic heterocycles. The summed E-state index contributed by atoms with van der Waals surface area (Å²) in [5.74, 6) is -1.60.